The van der Waals surface area contributed by atoms with Gasteiger partial charge in [-0.05, 0) is 60.9 Å². The topological polar surface area (TPSA) is 78.7 Å². The summed E-state index contributed by atoms with van der Waals surface area (Å²) in [6.45, 7) is 8.41. The number of amides is 2. The van der Waals surface area contributed by atoms with Crippen LogP contribution in [0, 0.1) is 11.3 Å². The Morgan fingerprint density at radius 3 is 2.86 bits per heavy atom. The van der Waals surface area contributed by atoms with E-state index in [1.165, 1.54) is 11.1 Å². The molecule has 4 aliphatic heterocycles. The third-order valence-corrected chi connectivity index (χ3v) is 8.69. The molecule has 37 heavy (non-hydrogen) atoms. The van der Waals surface area contributed by atoms with Crippen molar-refractivity contribution in [3.63, 3.8) is 0 Å². The van der Waals surface area contributed by atoms with E-state index in [9.17, 15) is 10.1 Å². The van der Waals surface area contributed by atoms with Gasteiger partial charge in [0.15, 0.2) is 0 Å². The van der Waals surface area contributed by atoms with Crippen LogP contribution >= 0.6 is 0 Å². The van der Waals surface area contributed by atoms with Crippen molar-refractivity contribution in [3.8, 4) is 6.07 Å². The number of nitrogens with one attached hydrogen (secondary N) is 1. The summed E-state index contributed by atoms with van der Waals surface area (Å²) in [5, 5.41) is 14.0. The summed E-state index contributed by atoms with van der Waals surface area (Å²) in [5.74, 6) is 0. The fraction of sp³-hybridized carbons (Fsp3) is 0.414. The van der Waals surface area contributed by atoms with Gasteiger partial charge in [-0.2, -0.15) is 5.26 Å². The van der Waals surface area contributed by atoms with Gasteiger partial charge >= 0.3 is 6.03 Å². The molecule has 4 aliphatic rings. The molecule has 5 heterocycles. The molecule has 0 bridgehead atoms. The maximum atomic E-state index is 13.1. The lowest BCUT2D eigenvalue weighted by molar-refractivity contribution is 0.101. The molecule has 7 rings (SSSR count). The zero-order valence-corrected chi connectivity index (χ0v) is 21.1. The van der Waals surface area contributed by atoms with Gasteiger partial charge in [-0.3, -0.25) is 14.8 Å². The van der Waals surface area contributed by atoms with Crippen molar-refractivity contribution < 1.29 is 4.79 Å². The van der Waals surface area contributed by atoms with Crippen LogP contribution in [0.25, 0.3) is 10.9 Å². The van der Waals surface area contributed by atoms with Crippen LogP contribution in [0.5, 0.6) is 0 Å². The fourth-order valence-corrected chi connectivity index (χ4v) is 6.82. The summed E-state index contributed by atoms with van der Waals surface area (Å²) in [6, 6.07) is 18.1. The SMILES string of the molecule is C[C@@H]1CN(c2ccc(C#N)c3ncccc23)C[C@@H]2Cc3cc(N4C[C@H]5CNCCN5C4=O)ccc3CN21. The minimum atomic E-state index is 0.141. The Bertz CT molecular complexity index is 1430. The molecule has 0 aliphatic carbocycles. The van der Waals surface area contributed by atoms with Gasteiger partial charge in [-0.25, -0.2) is 4.79 Å². The average molecular weight is 494 g/mol. The van der Waals surface area contributed by atoms with E-state index in [0.717, 1.165) is 74.5 Å². The monoisotopic (exact) mass is 493 g/mol. The Balaban J connectivity index is 1.17. The van der Waals surface area contributed by atoms with Crippen molar-refractivity contribution in [2.24, 2.45) is 0 Å². The van der Waals surface area contributed by atoms with Crippen molar-refractivity contribution >= 4 is 28.3 Å². The molecule has 2 aromatic carbocycles. The number of urea groups is 1. The number of rotatable bonds is 2. The third kappa shape index (κ3) is 3.64. The number of nitrogens with zero attached hydrogens (tertiary/aromatic N) is 6. The molecule has 3 saturated heterocycles. The highest BCUT2D eigenvalue weighted by atomic mass is 16.2. The highest BCUT2D eigenvalue weighted by molar-refractivity contribution is 5.96. The van der Waals surface area contributed by atoms with E-state index in [2.05, 4.69) is 63.4 Å². The highest BCUT2D eigenvalue weighted by Crippen LogP contribution is 2.36. The van der Waals surface area contributed by atoms with Crippen molar-refractivity contribution in [1.82, 2.24) is 20.1 Å². The van der Waals surface area contributed by atoms with Crippen LogP contribution < -0.4 is 15.1 Å². The molecule has 0 saturated carbocycles. The minimum absolute atomic E-state index is 0.141. The molecule has 1 N–H and O–H groups in total. The predicted molar refractivity (Wildman–Crippen MR) is 144 cm³/mol. The van der Waals surface area contributed by atoms with E-state index in [0.29, 0.717) is 17.6 Å². The molecule has 3 atom stereocenters. The number of nitriles is 1. The van der Waals surface area contributed by atoms with Gasteiger partial charge in [0.25, 0.3) is 0 Å². The van der Waals surface area contributed by atoms with Crippen LogP contribution in [0.2, 0.25) is 0 Å². The molecule has 0 unspecified atom stereocenters. The Hall–Kier alpha value is -3.67. The van der Waals surface area contributed by atoms with Crippen LogP contribution in [-0.4, -0.2) is 78.2 Å². The van der Waals surface area contributed by atoms with Gasteiger partial charge in [0, 0.05) is 80.9 Å². The van der Waals surface area contributed by atoms with E-state index >= 15 is 0 Å². The van der Waals surface area contributed by atoms with Gasteiger partial charge < -0.3 is 15.1 Å². The van der Waals surface area contributed by atoms with Gasteiger partial charge in [-0.15, -0.1) is 0 Å². The van der Waals surface area contributed by atoms with Crippen molar-refractivity contribution in [3.05, 3.63) is 65.4 Å². The largest absolute Gasteiger partial charge is 0.368 e. The molecule has 3 aromatic rings. The van der Waals surface area contributed by atoms with Crippen molar-refractivity contribution in [2.45, 2.75) is 38.0 Å². The van der Waals surface area contributed by atoms with Crippen LogP contribution in [0.1, 0.15) is 23.6 Å². The summed E-state index contributed by atoms with van der Waals surface area (Å²) in [7, 11) is 0. The van der Waals surface area contributed by atoms with E-state index in [4.69, 9.17) is 0 Å². The molecule has 1 aromatic heterocycles. The lowest BCUT2D eigenvalue weighted by atomic mass is 9.89. The number of carbonyl (C=O) groups excluding carboxylic acids is 1. The first-order valence-electron chi connectivity index (χ1n) is 13.3. The van der Waals surface area contributed by atoms with Crippen LogP contribution in [0.3, 0.4) is 0 Å². The quantitative estimate of drug-likeness (QED) is 0.592. The van der Waals surface area contributed by atoms with E-state index < -0.39 is 0 Å². The number of hydrogen-bond donors (Lipinski definition) is 1. The molecule has 8 nitrogen and oxygen atoms in total. The second-order valence-electron chi connectivity index (χ2n) is 10.8. The Morgan fingerprint density at radius 2 is 2.00 bits per heavy atom. The van der Waals surface area contributed by atoms with E-state index in [-0.39, 0.29) is 12.1 Å². The van der Waals surface area contributed by atoms with Gasteiger partial charge in [-0.1, -0.05) is 6.07 Å². The Morgan fingerprint density at radius 1 is 1.08 bits per heavy atom. The van der Waals surface area contributed by atoms with Crippen LogP contribution in [0.15, 0.2) is 48.7 Å². The first-order valence-corrected chi connectivity index (χ1v) is 13.3. The lowest BCUT2D eigenvalue weighted by Gasteiger charge is -2.49. The Labute approximate surface area is 217 Å². The number of fused-ring (bicyclic) bond motifs is 4. The standard InChI is InChI=1S/C29H31N7O/c1-19-15-33(27-7-5-20(13-30)28-26(27)3-2-8-32-28)17-24-12-22-11-23(6-4-21(22)16-35(19)24)36-18-25-14-31-9-10-34(25)29(36)37/h2-8,11,19,24-25,31H,9-10,12,14-18H2,1H3/t19-,24+,25-/m1/s1. The molecule has 188 valence electrons. The predicted octanol–water partition coefficient (Wildman–Crippen LogP) is 2.96. The van der Waals surface area contributed by atoms with Crippen molar-refractivity contribution in [1.29, 1.82) is 5.26 Å². The van der Waals surface area contributed by atoms with Gasteiger partial charge in [0.05, 0.1) is 17.1 Å². The lowest BCUT2D eigenvalue weighted by Crippen LogP contribution is -2.59. The number of benzene rings is 2. The van der Waals surface area contributed by atoms with Gasteiger partial charge in [0.2, 0.25) is 0 Å². The Kier molecular flexibility index (Phi) is 5.31. The average Bonchev–Trinajstić information content (AvgIpc) is 3.27. The second-order valence-corrected chi connectivity index (χ2v) is 10.8. The molecule has 2 amide bonds. The summed E-state index contributed by atoms with van der Waals surface area (Å²) in [4.78, 5) is 26.7. The number of pyridine rings is 1. The molecule has 0 radical (unpaired) electrons. The highest BCUT2D eigenvalue weighted by Gasteiger charge is 2.40. The number of aromatic nitrogens is 1. The number of hydrogen-bond acceptors (Lipinski definition) is 6. The van der Waals surface area contributed by atoms with Crippen LogP contribution in [-0.2, 0) is 13.0 Å². The van der Waals surface area contributed by atoms with Crippen LogP contribution in [0.4, 0.5) is 16.2 Å². The molecular weight excluding hydrogens is 462 g/mol. The van der Waals surface area contributed by atoms with Gasteiger partial charge in [0.1, 0.15) is 6.07 Å². The summed E-state index contributed by atoms with van der Waals surface area (Å²) < 4.78 is 0. The smallest absolute Gasteiger partial charge is 0.324 e. The fourth-order valence-electron chi connectivity index (χ4n) is 6.82. The van der Waals surface area contributed by atoms with E-state index in [1.54, 1.807) is 6.20 Å². The molecule has 3 fully saturated rings. The summed E-state index contributed by atoms with van der Waals surface area (Å²) in [6.07, 6.45) is 2.73. The maximum Gasteiger partial charge on any atom is 0.324 e. The summed E-state index contributed by atoms with van der Waals surface area (Å²) >= 11 is 0. The first kappa shape index (κ1) is 22.5. The van der Waals surface area contributed by atoms with Crippen molar-refractivity contribution in [2.75, 3.05) is 49.1 Å². The normalized spacial score (nSPS) is 25.6. The number of anilines is 2. The second kappa shape index (κ2) is 8.72. The first-order chi connectivity index (χ1) is 18.1. The zero-order chi connectivity index (χ0) is 25.1. The van der Waals surface area contributed by atoms with E-state index in [1.807, 2.05) is 21.9 Å². The molecule has 0 spiro atoms. The molecular formula is C29H31N7O. The number of piperazine rings is 2. The summed E-state index contributed by atoms with van der Waals surface area (Å²) in [5.41, 5.74) is 6.30. The zero-order valence-electron chi connectivity index (χ0n) is 21.1. The minimum Gasteiger partial charge on any atom is -0.368 e. The number of carbonyl (C=O) groups is 1. The maximum absolute atomic E-state index is 13.1. The molecule has 8 heteroatoms. The third-order valence-electron chi connectivity index (χ3n) is 8.69.